The van der Waals surface area contributed by atoms with Crippen LogP contribution in [0.3, 0.4) is 0 Å². The van der Waals surface area contributed by atoms with Crippen LogP contribution in [-0.4, -0.2) is 30.8 Å². The van der Waals surface area contributed by atoms with Crippen LogP contribution in [0.15, 0.2) is 47.8 Å². The SMILES string of the molecule is O=c1ccc(-c2ccncc2)nn1C1CCC(Nc2ncnc3c2CCCC3)CC1. The molecule has 0 aliphatic heterocycles. The third kappa shape index (κ3) is 3.84. The molecule has 154 valence electrons. The molecule has 0 bridgehead atoms. The van der Waals surface area contributed by atoms with Gasteiger partial charge in [0.05, 0.1) is 11.7 Å². The van der Waals surface area contributed by atoms with E-state index in [1.807, 2.05) is 12.1 Å². The minimum absolute atomic E-state index is 0.0333. The zero-order chi connectivity index (χ0) is 20.3. The summed E-state index contributed by atoms with van der Waals surface area (Å²) in [6.45, 7) is 0. The second-order valence-corrected chi connectivity index (χ2v) is 8.24. The number of anilines is 1. The van der Waals surface area contributed by atoms with E-state index in [0.717, 1.165) is 55.6 Å². The summed E-state index contributed by atoms with van der Waals surface area (Å²) in [5.74, 6) is 1.01. The van der Waals surface area contributed by atoms with E-state index >= 15 is 0 Å². The van der Waals surface area contributed by atoms with Gasteiger partial charge in [-0.25, -0.2) is 14.6 Å². The van der Waals surface area contributed by atoms with Crippen LogP contribution in [0.4, 0.5) is 5.82 Å². The van der Waals surface area contributed by atoms with Crippen molar-refractivity contribution in [3.8, 4) is 11.3 Å². The standard InChI is InChI=1S/C23H26N6O/c30-22-10-9-20(16-11-13-24-14-12-16)28-29(22)18-7-5-17(6-8-18)27-23-19-3-1-2-4-21(19)25-15-26-23/h9-15,17-18H,1-8H2,(H,25,26,27). The molecule has 3 heterocycles. The molecule has 0 atom stereocenters. The molecule has 1 fully saturated rings. The van der Waals surface area contributed by atoms with Gasteiger partial charge in [0.1, 0.15) is 12.1 Å². The number of aryl methyl sites for hydroxylation is 1. The van der Waals surface area contributed by atoms with Gasteiger partial charge in [-0.2, -0.15) is 5.10 Å². The summed E-state index contributed by atoms with van der Waals surface area (Å²) >= 11 is 0. The van der Waals surface area contributed by atoms with E-state index in [1.165, 1.54) is 24.1 Å². The fourth-order valence-electron chi connectivity index (χ4n) is 4.67. The minimum Gasteiger partial charge on any atom is -0.367 e. The molecule has 2 aliphatic carbocycles. The maximum Gasteiger partial charge on any atom is 0.267 e. The molecular formula is C23H26N6O. The number of hydrogen-bond acceptors (Lipinski definition) is 6. The molecule has 0 aromatic carbocycles. The number of pyridine rings is 1. The highest BCUT2D eigenvalue weighted by Gasteiger charge is 2.25. The summed E-state index contributed by atoms with van der Waals surface area (Å²) in [5, 5.41) is 8.34. The van der Waals surface area contributed by atoms with Crippen molar-refractivity contribution in [3.63, 3.8) is 0 Å². The van der Waals surface area contributed by atoms with E-state index in [9.17, 15) is 4.79 Å². The Labute approximate surface area is 175 Å². The molecule has 5 rings (SSSR count). The Hall–Kier alpha value is -3.09. The van der Waals surface area contributed by atoms with E-state index in [2.05, 4.69) is 25.4 Å². The minimum atomic E-state index is -0.0333. The normalized spacial score (nSPS) is 21.1. The Morgan fingerprint density at radius 3 is 2.57 bits per heavy atom. The maximum atomic E-state index is 12.5. The second-order valence-electron chi connectivity index (χ2n) is 8.24. The highest BCUT2D eigenvalue weighted by atomic mass is 16.1. The fourth-order valence-corrected chi connectivity index (χ4v) is 4.67. The molecule has 1 saturated carbocycles. The van der Waals surface area contributed by atoms with Gasteiger partial charge in [-0.3, -0.25) is 9.78 Å². The number of hydrogen-bond donors (Lipinski definition) is 1. The summed E-state index contributed by atoms with van der Waals surface area (Å²) in [5.41, 5.74) is 4.26. The number of aromatic nitrogens is 5. The molecule has 1 N–H and O–H groups in total. The first-order valence-corrected chi connectivity index (χ1v) is 10.9. The highest BCUT2D eigenvalue weighted by molar-refractivity contribution is 5.57. The van der Waals surface area contributed by atoms with Crippen LogP contribution in [-0.2, 0) is 12.8 Å². The summed E-state index contributed by atoms with van der Waals surface area (Å²) in [6.07, 6.45) is 13.6. The topological polar surface area (TPSA) is 85.6 Å². The first kappa shape index (κ1) is 18.9. The van der Waals surface area contributed by atoms with Crippen molar-refractivity contribution in [2.75, 3.05) is 5.32 Å². The Bertz CT molecular complexity index is 1070. The van der Waals surface area contributed by atoms with Gasteiger partial charge in [0.15, 0.2) is 0 Å². The average Bonchev–Trinajstić information content (AvgIpc) is 2.81. The quantitative estimate of drug-likeness (QED) is 0.718. The van der Waals surface area contributed by atoms with Crippen LogP contribution in [0.1, 0.15) is 55.8 Å². The first-order valence-electron chi connectivity index (χ1n) is 10.9. The van der Waals surface area contributed by atoms with E-state index < -0.39 is 0 Å². The van der Waals surface area contributed by atoms with E-state index in [4.69, 9.17) is 0 Å². The smallest absolute Gasteiger partial charge is 0.267 e. The molecule has 3 aromatic heterocycles. The van der Waals surface area contributed by atoms with Gasteiger partial charge in [-0.1, -0.05) is 0 Å². The zero-order valence-corrected chi connectivity index (χ0v) is 17.0. The van der Waals surface area contributed by atoms with Crippen LogP contribution in [0.2, 0.25) is 0 Å². The Kier molecular flexibility index (Phi) is 5.26. The highest BCUT2D eigenvalue weighted by Crippen LogP contribution is 2.31. The van der Waals surface area contributed by atoms with Crippen molar-refractivity contribution < 1.29 is 0 Å². The van der Waals surface area contributed by atoms with Crippen LogP contribution >= 0.6 is 0 Å². The number of fused-ring (bicyclic) bond motifs is 1. The third-order valence-electron chi connectivity index (χ3n) is 6.31. The van der Waals surface area contributed by atoms with E-state index in [1.54, 1.807) is 35.5 Å². The molecule has 0 spiro atoms. The zero-order valence-electron chi connectivity index (χ0n) is 17.0. The van der Waals surface area contributed by atoms with Crippen molar-refractivity contribution in [2.24, 2.45) is 0 Å². The molecule has 0 saturated heterocycles. The molecular weight excluding hydrogens is 376 g/mol. The van der Waals surface area contributed by atoms with Gasteiger partial charge in [-0.15, -0.1) is 0 Å². The summed E-state index contributed by atoms with van der Waals surface area (Å²) in [4.78, 5) is 25.5. The van der Waals surface area contributed by atoms with Gasteiger partial charge >= 0.3 is 0 Å². The van der Waals surface area contributed by atoms with Crippen LogP contribution in [0, 0.1) is 0 Å². The van der Waals surface area contributed by atoms with Crippen molar-refractivity contribution in [2.45, 2.75) is 63.5 Å². The molecule has 0 radical (unpaired) electrons. The Balaban J connectivity index is 1.28. The Morgan fingerprint density at radius 1 is 0.933 bits per heavy atom. The summed E-state index contributed by atoms with van der Waals surface area (Å²) in [6, 6.07) is 7.76. The summed E-state index contributed by atoms with van der Waals surface area (Å²) < 4.78 is 1.68. The predicted molar refractivity (Wildman–Crippen MR) is 115 cm³/mol. The van der Waals surface area contributed by atoms with Crippen LogP contribution < -0.4 is 10.9 Å². The molecule has 7 nitrogen and oxygen atoms in total. The average molecular weight is 403 g/mol. The molecule has 7 heteroatoms. The monoisotopic (exact) mass is 402 g/mol. The fraction of sp³-hybridized carbons (Fsp3) is 0.435. The van der Waals surface area contributed by atoms with Crippen LogP contribution in [0.5, 0.6) is 0 Å². The van der Waals surface area contributed by atoms with Crippen molar-refractivity contribution >= 4 is 5.82 Å². The predicted octanol–water partition coefficient (Wildman–Crippen LogP) is 3.57. The number of rotatable bonds is 4. The number of nitrogens with zero attached hydrogens (tertiary/aromatic N) is 5. The largest absolute Gasteiger partial charge is 0.367 e. The molecule has 30 heavy (non-hydrogen) atoms. The van der Waals surface area contributed by atoms with Crippen molar-refractivity contribution in [3.05, 3.63) is 64.6 Å². The maximum absolute atomic E-state index is 12.5. The van der Waals surface area contributed by atoms with Gasteiger partial charge in [0.2, 0.25) is 0 Å². The van der Waals surface area contributed by atoms with E-state index in [-0.39, 0.29) is 11.6 Å². The number of nitrogens with one attached hydrogen (secondary N) is 1. The van der Waals surface area contributed by atoms with Gasteiger partial charge in [0, 0.05) is 41.3 Å². The molecule has 2 aliphatic rings. The summed E-state index contributed by atoms with van der Waals surface area (Å²) in [7, 11) is 0. The third-order valence-corrected chi connectivity index (χ3v) is 6.31. The molecule has 0 amide bonds. The lowest BCUT2D eigenvalue weighted by Crippen LogP contribution is -2.33. The van der Waals surface area contributed by atoms with Gasteiger partial charge in [-0.05, 0) is 69.6 Å². The lowest BCUT2D eigenvalue weighted by molar-refractivity contribution is 0.304. The lowest BCUT2D eigenvalue weighted by atomic mass is 9.90. The molecule has 0 unspecified atom stereocenters. The van der Waals surface area contributed by atoms with Crippen molar-refractivity contribution in [1.82, 2.24) is 24.7 Å². The van der Waals surface area contributed by atoms with Crippen LogP contribution in [0.25, 0.3) is 11.3 Å². The Morgan fingerprint density at radius 2 is 1.73 bits per heavy atom. The van der Waals surface area contributed by atoms with Gasteiger partial charge in [0.25, 0.3) is 5.56 Å². The molecule has 3 aromatic rings. The van der Waals surface area contributed by atoms with Gasteiger partial charge < -0.3 is 5.32 Å². The second kappa shape index (κ2) is 8.34. The lowest BCUT2D eigenvalue weighted by Gasteiger charge is -2.31. The van der Waals surface area contributed by atoms with Crippen molar-refractivity contribution in [1.29, 1.82) is 0 Å². The van der Waals surface area contributed by atoms with E-state index in [0.29, 0.717) is 6.04 Å². The first-order chi connectivity index (χ1) is 14.8.